The second kappa shape index (κ2) is 5.36. The predicted molar refractivity (Wildman–Crippen MR) is 124 cm³/mol. The lowest BCUT2D eigenvalue weighted by atomic mass is 9.95. The Labute approximate surface area is 169 Å². The Morgan fingerprint density at radius 2 is 1.72 bits per heavy atom. The Bertz CT molecular complexity index is 1650. The highest BCUT2D eigenvalue weighted by Gasteiger charge is 2.24. The Morgan fingerprint density at radius 1 is 0.931 bits per heavy atom. The molecule has 0 radical (unpaired) electrons. The number of allylic oxidation sites excluding steroid dienone is 1. The van der Waals surface area contributed by atoms with Crippen LogP contribution in [0.1, 0.15) is 23.6 Å². The molecule has 2 heteroatoms. The van der Waals surface area contributed by atoms with Crippen molar-refractivity contribution in [3.8, 4) is 0 Å². The smallest absolute Gasteiger partial charge is 0.224 e. The lowest BCUT2D eigenvalue weighted by Gasteiger charge is -2.15. The summed E-state index contributed by atoms with van der Waals surface area (Å²) in [5.74, 6) is 0. The second-order valence-corrected chi connectivity index (χ2v) is 8.46. The van der Waals surface area contributed by atoms with Gasteiger partial charge in [-0.1, -0.05) is 30.4 Å². The van der Waals surface area contributed by atoms with Crippen LogP contribution in [-0.2, 0) is 7.05 Å². The van der Waals surface area contributed by atoms with Crippen LogP contribution < -0.4 is 4.57 Å². The minimum absolute atomic E-state index is 1.09. The van der Waals surface area contributed by atoms with Gasteiger partial charge in [-0.3, -0.25) is 0 Å². The number of hydrogen-bond donors (Lipinski definition) is 0. The predicted octanol–water partition coefficient (Wildman–Crippen LogP) is 6.46. The van der Waals surface area contributed by atoms with E-state index in [0.717, 1.165) is 5.57 Å². The molecule has 0 saturated heterocycles. The highest BCUT2D eigenvalue weighted by atomic mass is 15.0. The number of rotatable bonds is 1. The van der Waals surface area contributed by atoms with Gasteiger partial charge in [-0.15, -0.1) is 0 Å². The topological polar surface area (TPSA) is 8.29 Å². The zero-order valence-electron chi connectivity index (χ0n) is 17.3. The maximum Gasteiger partial charge on any atom is 0.224 e. The average Bonchev–Trinajstić information content (AvgIpc) is 3.04. The molecule has 0 fully saturated rings. The van der Waals surface area contributed by atoms with E-state index in [1.807, 2.05) is 0 Å². The highest BCUT2D eigenvalue weighted by Crippen LogP contribution is 2.42. The molecule has 3 aromatic carbocycles. The molecule has 3 aromatic heterocycles. The van der Waals surface area contributed by atoms with Gasteiger partial charge in [-0.05, 0) is 67.1 Å². The van der Waals surface area contributed by atoms with Gasteiger partial charge in [0.15, 0.2) is 6.20 Å². The first kappa shape index (κ1) is 16.6. The molecule has 0 aliphatic heterocycles. The maximum atomic E-state index is 4.22. The van der Waals surface area contributed by atoms with Crippen LogP contribution in [0.4, 0.5) is 0 Å². The van der Waals surface area contributed by atoms with Gasteiger partial charge in [-0.2, -0.15) is 0 Å². The van der Waals surface area contributed by atoms with Crippen molar-refractivity contribution in [2.24, 2.45) is 7.05 Å². The summed E-state index contributed by atoms with van der Waals surface area (Å²) in [5.41, 5.74) is 10.2. The Morgan fingerprint density at radius 3 is 2.52 bits per heavy atom. The number of fused-ring (bicyclic) bond motifs is 5. The molecule has 3 heterocycles. The van der Waals surface area contributed by atoms with Gasteiger partial charge in [0.05, 0.1) is 27.3 Å². The molecule has 6 rings (SSSR count). The van der Waals surface area contributed by atoms with E-state index in [1.165, 1.54) is 65.7 Å². The quantitative estimate of drug-likeness (QED) is 0.177. The first-order chi connectivity index (χ1) is 14.0. The molecule has 29 heavy (non-hydrogen) atoms. The van der Waals surface area contributed by atoms with Crippen LogP contribution in [0, 0.1) is 13.8 Å². The number of para-hydroxylation sites is 1. The van der Waals surface area contributed by atoms with Crippen molar-refractivity contribution in [1.82, 2.24) is 4.40 Å². The molecule has 0 aliphatic rings. The summed E-state index contributed by atoms with van der Waals surface area (Å²) in [4.78, 5) is 0. The van der Waals surface area contributed by atoms with Gasteiger partial charge in [-0.25, -0.2) is 4.57 Å². The molecule has 0 aliphatic carbocycles. The summed E-state index contributed by atoms with van der Waals surface area (Å²) in [6.07, 6.45) is 2.19. The van der Waals surface area contributed by atoms with Gasteiger partial charge in [0.2, 0.25) is 5.52 Å². The van der Waals surface area contributed by atoms with E-state index in [1.54, 1.807) is 0 Å². The minimum Gasteiger partial charge on any atom is -0.307 e. The summed E-state index contributed by atoms with van der Waals surface area (Å²) in [5, 5.41) is 6.60. The molecular weight excluding hydrogens is 352 g/mol. The van der Waals surface area contributed by atoms with E-state index in [2.05, 4.69) is 98.1 Å². The summed E-state index contributed by atoms with van der Waals surface area (Å²) in [6.45, 7) is 10.8. The summed E-state index contributed by atoms with van der Waals surface area (Å²) in [6, 6.07) is 18.0. The van der Waals surface area contributed by atoms with Crippen LogP contribution in [0.3, 0.4) is 0 Å². The molecule has 0 bridgehead atoms. The third-order valence-corrected chi connectivity index (χ3v) is 6.66. The first-order valence-electron chi connectivity index (χ1n) is 10.1. The lowest BCUT2D eigenvalue weighted by molar-refractivity contribution is -0.643. The molecule has 0 spiro atoms. The fourth-order valence-corrected chi connectivity index (χ4v) is 5.10. The van der Waals surface area contributed by atoms with Gasteiger partial charge >= 0.3 is 0 Å². The number of benzene rings is 3. The maximum absolute atomic E-state index is 4.22. The lowest BCUT2D eigenvalue weighted by Crippen LogP contribution is -2.29. The Kier molecular flexibility index (Phi) is 3.06. The molecule has 0 N–H and O–H groups in total. The third kappa shape index (κ3) is 1.94. The van der Waals surface area contributed by atoms with E-state index < -0.39 is 0 Å². The number of aryl methyl sites for hydroxylation is 3. The number of aromatic nitrogens is 2. The Balaban J connectivity index is 2.12. The van der Waals surface area contributed by atoms with Crippen molar-refractivity contribution in [2.75, 3.05) is 0 Å². The van der Waals surface area contributed by atoms with E-state index in [-0.39, 0.29) is 0 Å². The standard InChI is InChI=1S/C27H23N2/c1-15(2)19-13-18-10-11-28(5)27-24-17(4)16(3)12-21-20-8-6-7-9-22(20)29(26(21)24)23(14-19)25(18)27/h6-14H,1H2,2-5H3/q+1. The van der Waals surface area contributed by atoms with Crippen LogP contribution in [-0.4, -0.2) is 4.40 Å². The monoisotopic (exact) mass is 375 g/mol. The third-order valence-electron chi connectivity index (χ3n) is 6.66. The first-order valence-corrected chi connectivity index (χ1v) is 10.1. The minimum atomic E-state index is 1.09. The second-order valence-electron chi connectivity index (χ2n) is 8.46. The van der Waals surface area contributed by atoms with E-state index in [0.29, 0.717) is 0 Å². The summed E-state index contributed by atoms with van der Waals surface area (Å²) >= 11 is 0. The largest absolute Gasteiger partial charge is 0.307 e. The van der Waals surface area contributed by atoms with E-state index in [9.17, 15) is 0 Å². The number of pyridine rings is 2. The van der Waals surface area contributed by atoms with Crippen LogP contribution in [0.25, 0.3) is 54.6 Å². The van der Waals surface area contributed by atoms with Crippen molar-refractivity contribution in [2.45, 2.75) is 20.8 Å². The van der Waals surface area contributed by atoms with Crippen molar-refractivity contribution >= 4 is 54.6 Å². The molecule has 0 unspecified atom stereocenters. The average molecular weight is 375 g/mol. The molecular formula is C27H23N2+. The van der Waals surface area contributed by atoms with Gasteiger partial charge in [0.1, 0.15) is 7.05 Å². The van der Waals surface area contributed by atoms with Crippen LogP contribution in [0.2, 0.25) is 0 Å². The van der Waals surface area contributed by atoms with Crippen LogP contribution in [0.5, 0.6) is 0 Å². The van der Waals surface area contributed by atoms with Crippen molar-refractivity contribution in [3.63, 3.8) is 0 Å². The van der Waals surface area contributed by atoms with Gasteiger partial charge < -0.3 is 4.40 Å². The fourth-order valence-electron chi connectivity index (χ4n) is 5.10. The zero-order valence-corrected chi connectivity index (χ0v) is 17.3. The van der Waals surface area contributed by atoms with Crippen LogP contribution in [0.15, 0.2) is 61.3 Å². The normalized spacial score (nSPS) is 12.3. The molecule has 0 amide bonds. The molecule has 140 valence electrons. The molecule has 6 aromatic rings. The van der Waals surface area contributed by atoms with Crippen LogP contribution >= 0.6 is 0 Å². The van der Waals surface area contributed by atoms with Crippen molar-refractivity contribution in [3.05, 3.63) is 78.0 Å². The fraction of sp³-hybridized carbons (Fsp3) is 0.148. The summed E-state index contributed by atoms with van der Waals surface area (Å²) in [7, 11) is 2.16. The van der Waals surface area contributed by atoms with Gasteiger partial charge in [0, 0.05) is 16.8 Å². The molecule has 2 nitrogen and oxygen atoms in total. The van der Waals surface area contributed by atoms with Crippen molar-refractivity contribution in [1.29, 1.82) is 0 Å². The number of hydrogen-bond acceptors (Lipinski definition) is 0. The molecule has 0 saturated carbocycles. The number of nitrogens with zero attached hydrogens (tertiary/aromatic N) is 2. The highest BCUT2D eigenvalue weighted by molar-refractivity contribution is 6.26. The van der Waals surface area contributed by atoms with Gasteiger partial charge in [0.25, 0.3) is 0 Å². The Hall–Kier alpha value is -3.39. The SMILES string of the molecule is C=C(C)c1cc2cc[n+](C)c3c4c(C)c(C)cc5c6ccccc6n(c(c1)c23)c54. The summed E-state index contributed by atoms with van der Waals surface area (Å²) < 4.78 is 4.77. The zero-order chi connectivity index (χ0) is 20.0. The van der Waals surface area contributed by atoms with E-state index in [4.69, 9.17) is 0 Å². The molecule has 0 atom stereocenters. The van der Waals surface area contributed by atoms with E-state index >= 15 is 0 Å². The van der Waals surface area contributed by atoms with Crippen molar-refractivity contribution < 1.29 is 4.57 Å².